The third-order valence-corrected chi connectivity index (χ3v) is 12.4. The van der Waals surface area contributed by atoms with Gasteiger partial charge in [-0.25, -0.2) is 0 Å². The van der Waals surface area contributed by atoms with E-state index in [2.05, 4.69) is 242 Å². The maximum Gasteiger partial charge on any atom is 0.0547 e. The number of hydrogen-bond donors (Lipinski definition) is 0. The molecule has 1 aliphatic rings. The SMILES string of the molecule is CC1(C)c2cc(N(c3ccccc3)c3cc4ccccc4c4ccc(N(c5ccccc5)c5ccc(-c6ccccc6)cc5)cc34)ccc2-c2cc3ccccc3cc21. The average molecular weight is 755 g/mol. The Morgan fingerprint density at radius 3 is 1.53 bits per heavy atom. The van der Waals surface area contributed by atoms with Crippen molar-refractivity contribution < 1.29 is 0 Å². The average Bonchev–Trinajstić information content (AvgIpc) is 3.51. The number of hydrogen-bond acceptors (Lipinski definition) is 2. The quantitative estimate of drug-likeness (QED) is 0.150. The van der Waals surface area contributed by atoms with Crippen LogP contribution in [0.5, 0.6) is 0 Å². The standard InChI is InChI=1S/C57H42N2/c1-57(2)54-35-42-19-13-12-18-41(42)34-52(54)51-33-31-48(38-55(51)57)59(45-23-10-5-11-24-45)56-36-43-20-14-15-25-49(43)50-32-30-47(37-53(50)56)58(44-21-8-4-9-22-44)46-28-26-40(27-29-46)39-16-6-3-7-17-39/h3-38H,1-2H3. The molecule has 10 aromatic carbocycles. The second-order valence-corrected chi connectivity index (χ2v) is 16.2. The van der Waals surface area contributed by atoms with Crippen molar-refractivity contribution in [2.75, 3.05) is 9.80 Å². The van der Waals surface area contributed by atoms with Crippen molar-refractivity contribution >= 4 is 66.4 Å². The van der Waals surface area contributed by atoms with Crippen molar-refractivity contribution in [3.63, 3.8) is 0 Å². The van der Waals surface area contributed by atoms with Crippen LogP contribution < -0.4 is 9.80 Å². The monoisotopic (exact) mass is 754 g/mol. The molecule has 0 spiro atoms. The van der Waals surface area contributed by atoms with Gasteiger partial charge in [-0.3, -0.25) is 0 Å². The van der Waals surface area contributed by atoms with Crippen molar-refractivity contribution in [1.82, 2.24) is 0 Å². The maximum absolute atomic E-state index is 2.47. The minimum absolute atomic E-state index is 0.169. The lowest BCUT2D eigenvalue weighted by Crippen LogP contribution is -2.17. The Kier molecular flexibility index (Phi) is 8.20. The summed E-state index contributed by atoms with van der Waals surface area (Å²) in [5.41, 5.74) is 14.3. The molecule has 0 amide bonds. The van der Waals surface area contributed by atoms with Gasteiger partial charge in [-0.1, -0.05) is 153 Å². The van der Waals surface area contributed by atoms with Gasteiger partial charge in [-0.2, -0.15) is 0 Å². The molecule has 0 bridgehead atoms. The van der Waals surface area contributed by atoms with Crippen LogP contribution in [0.2, 0.25) is 0 Å². The van der Waals surface area contributed by atoms with Crippen molar-refractivity contribution in [2.45, 2.75) is 19.3 Å². The molecule has 0 N–H and O–H groups in total. The molecule has 2 heteroatoms. The van der Waals surface area contributed by atoms with Gasteiger partial charge >= 0.3 is 0 Å². The van der Waals surface area contributed by atoms with E-state index < -0.39 is 0 Å². The molecule has 2 nitrogen and oxygen atoms in total. The fraction of sp³-hybridized carbons (Fsp3) is 0.0526. The molecule has 0 radical (unpaired) electrons. The fourth-order valence-electron chi connectivity index (χ4n) is 9.41. The van der Waals surface area contributed by atoms with Crippen LogP contribution in [0.25, 0.3) is 54.6 Å². The van der Waals surface area contributed by atoms with Gasteiger partial charge in [0.15, 0.2) is 0 Å². The summed E-state index contributed by atoms with van der Waals surface area (Å²) < 4.78 is 0. The van der Waals surface area contributed by atoms with Crippen molar-refractivity contribution in [3.05, 3.63) is 230 Å². The van der Waals surface area contributed by atoms with Crippen LogP contribution in [0.15, 0.2) is 218 Å². The summed E-state index contributed by atoms with van der Waals surface area (Å²) in [6.07, 6.45) is 0. The highest BCUT2D eigenvalue weighted by atomic mass is 15.2. The highest BCUT2D eigenvalue weighted by Crippen LogP contribution is 2.52. The van der Waals surface area contributed by atoms with Gasteiger partial charge in [0, 0.05) is 39.2 Å². The molecule has 0 fully saturated rings. The molecule has 0 aromatic heterocycles. The molecule has 0 heterocycles. The van der Waals surface area contributed by atoms with Crippen LogP contribution in [0, 0.1) is 0 Å². The number of fused-ring (bicyclic) bond motifs is 7. The van der Waals surface area contributed by atoms with Gasteiger partial charge in [0.2, 0.25) is 0 Å². The molecular weight excluding hydrogens is 713 g/mol. The third-order valence-electron chi connectivity index (χ3n) is 12.4. The maximum atomic E-state index is 2.47. The topological polar surface area (TPSA) is 6.48 Å². The first kappa shape index (κ1) is 34.8. The Bertz CT molecular complexity index is 3170. The first-order valence-corrected chi connectivity index (χ1v) is 20.5. The van der Waals surface area contributed by atoms with Gasteiger partial charge in [-0.15, -0.1) is 0 Å². The molecule has 0 saturated heterocycles. The van der Waals surface area contributed by atoms with E-state index in [-0.39, 0.29) is 5.41 Å². The van der Waals surface area contributed by atoms with Crippen molar-refractivity contribution in [3.8, 4) is 22.3 Å². The smallest absolute Gasteiger partial charge is 0.0547 e. The summed E-state index contributed by atoms with van der Waals surface area (Å²) in [5, 5.41) is 7.41. The zero-order chi connectivity index (χ0) is 39.5. The minimum Gasteiger partial charge on any atom is -0.310 e. The van der Waals surface area contributed by atoms with E-state index in [0.29, 0.717) is 0 Å². The first-order chi connectivity index (χ1) is 29.0. The van der Waals surface area contributed by atoms with E-state index in [0.717, 1.165) is 34.1 Å². The highest BCUT2D eigenvalue weighted by molar-refractivity contribution is 6.15. The van der Waals surface area contributed by atoms with Gasteiger partial charge in [0.1, 0.15) is 0 Å². The summed E-state index contributed by atoms with van der Waals surface area (Å²) in [6.45, 7) is 4.76. The number of anilines is 6. The summed E-state index contributed by atoms with van der Waals surface area (Å²) in [6, 6.07) is 79.9. The molecule has 11 rings (SSSR count). The number of nitrogens with zero attached hydrogens (tertiary/aromatic N) is 2. The number of para-hydroxylation sites is 2. The Labute approximate surface area is 345 Å². The predicted octanol–water partition coefficient (Wildman–Crippen LogP) is 16.1. The van der Waals surface area contributed by atoms with Crippen LogP contribution in [0.1, 0.15) is 25.0 Å². The van der Waals surface area contributed by atoms with Gasteiger partial charge in [0.05, 0.1) is 5.69 Å². The molecule has 10 aromatic rings. The highest BCUT2D eigenvalue weighted by Gasteiger charge is 2.36. The second kappa shape index (κ2) is 13.9. The Balaban J connectivity index is 1.12. The van der Waals surface area contributed by atoms with E-state index >= 15 is 0 Å². The molecule has 0 saturated carbocycles. The Morgan fingerprint density at radius 1 is 0.305 bits per heavy atom. The van der Waals surface area contributed by atoms with Gasteiger partial charge in [0.25, 0.3) is 0 Å². The first-order valence-electron chi connectivity index (χ1n) is 20.5. The van der Waals surface area contributed by atoms with E-state index in [1.807, 2.05) is 0 Å². The summed E-state index contributed by atoms with van der Waals surface area (Å²) >= 11 is 0. The number of benzene rings is 10. The predicted molar refractivity (Wildman–Crippen MR) is 251 cm³/mol. The summed E-state index contributed by atoms with van der Waals surface area (Å²) in [4.78, 5) is 4.84. The van der Waals surface area contributed by atoms with Gasteiger partial charge in [-0.05, 0) is 139 Å². The molecule has 1 aliphatic carbocycles. The normalized spacial score (nSPS) is 12.7. The largest absolute Gasteiger partial charge is 0.310 e. The van der Waals surface area contributed by atoms with Crippen LogP contribution in [-0.2, 0) is 5.41 Å². The van der Waals surface area contributed by atoms with E-state index in [4.69, 9.17) is 0 Å². The van der Waals surface area contributed by atoms with Crippen LogP contribution in [0.3, 0.4) is 0 Å². The molecule has 0 atom stereocenters. The van der Waals surface area contributed by atoms with E-state index in [1.165, 1.54) is 65.7 Å². The number of rotatable bonds is 7. The molecular formula is C57H42N2. The summed E-state index contributed by atoms with van der Waals surface area (Å²) in [5.74, 6) is 0. The van der Waals surface area contributed by atoms with E-state index in [1.54, 1.807) is 0 Å². The molecule has 0 aliphatic heterocycles. The fourth-order valence-corrected chi connectivity index (χ4v) is 9.41. The Morgan fingerprint density at radius 2 is 0.814 bits per heavy atom. The Hall–Kier alpha value is -7.42. The summed E-state index contributed by atoms with van der Waals surface area (Å²) in [7, 11) is 0. The zero-order valence-corrected chi connectivity index (χ0v) is 33.2. The van der Waals surface area contributed by atoms with Gasteiger partial charge < -0.3 is 9.80 Å². The lowest BCUT2D eigenvalue weighted by molar-refractivity contribution is 0.661. The molecule has 0 unspecified atom stereocenters. The zero-order valence-electron chi connectivity index (χ0n) is 33.2. The lowest BCUT2D eigenvalue weighted by atomic mass is 9.81. The van der Waals surface area contributed by atoms with Crippen LogP contribution >= 0.6 is 0 Å². The van der Waals surface area contributed by atoms with E-state index in [9.17, 15) is 0 Å². The van der Waals surface area contributed by atoms with Crippen molar-refractivity contribution in [2.24, 2.45) is 0 Å². The molecule has 59 heavy (non-hydrogen) atoms. The lowest BCUT2D eigenvalue weighted by Gasteiger charge is -2.30. The second-order valence-electron chi connectivity index (χ2n) is 16.2. The van der Waals surface area contributed by atoms with Crippen LogP contribution in [0.4, 0.5) is 34.1 Å². The van der Waals surface area contributed by atoms with Crippen molar-refractivity contribution in [1.29, 1.82) is 0 Å². The van der Waals surface area contributed by atoms with Crippen LogP contribution in [-0.4, -0.2) is 0 Å². The molecule has 280 valence electrons. The third kappa shape index (κ3) is 5.87. The minimum atomic E-state index is -0.169.